The van der Waals surface area contributed by atoms with Crippen LogP contribution in [-0.4, -0.2) is 46.2 Å². The lowest BCUT2D eigenvalue weighted by Crippen LogP contribution is -2.52. The second kappa shape index (κ2) is 5.01. The van der Waals surface area contributed by atoms with E-state index in [0.29, 0.717) is 12.3 Å². The van der Waals surface area contributed by atoms with Crippen LogP contribution in [0.3, 0.4) is 0 Å². The molecule has 1 aliphatic heterocycles. The summed E-state index contributed by atoms with van der Waals surface area (Å²) in [6, 6.07) is 0. The van der Waals surface area contributed by atoms with Gasteiger partial charge in [0.2, 0.25) is 0 Å². The summed E-state index contributed by atoms with van der Waals surface area (Å²) in [4.78, 5) is 12.4. The first-order valence-corrected chi connectivity index (χ1v) is 5.69. The number of aliphatic hydroxyl groups is 1. The number of carboxylic acid groups (broad SMARTS) is 1. The maximum atomic E-state index is 11.2. The van der Waals surface area contributed by atoms with Gasteiger partial charge in [-0.2, -0.15) is 0 Å². The lowest BCUT2D eigenvalue weighted by atomic mass is 10.0. The molecule has 1 rings (SSSR count). The van der Waals surface area contributed by atoms with Gasteiger partial charge in [0.15, 0.2) is 0 Å². The lowest BCUT2D eigenvalue weighted by molar-refractivity contribution is 0.00736. The van der Waals surface area contributed by atoms with Crippen LogP contribution in [0.25, 0.3) is 0 Å². The van der Waals surface area contributed by atoms with E-state index in [1.165, 1.54) is 4.90 Å². The quantitative estimate of drug-likeness (QED) is 0.769. The van der Waals surface area contributed by atoms with Gasteiger partial charge in [-0.3, -0.25) is 4.90 Å². The minimum absolute atomic E-state index is 0.212. The fraction of sp³-hybridized carbons (Fsp3) is 0.909. The minimum atomic E-state index is -1.03. The van der Waals surface area contributed by atoms with Crippen molar-refractivity contribution in [1.29, 1.82) is 0 Å². The van der Waals surface area contributed by atoms with Crippen LogP contribution in [0.4, 0.5) is 4.79 Å². The molecule has 5 nitrogen and oxygen atoms in total. The largest absolute Gasteiger partial charge is 0.465 e. The predicted octanol–water partition coefficient (Wildman–Crippen LogP) is 1.51. The fourth-order valence-corrected chi connectivity index (χ4v) is 1.93. The summed E-state index contributed by atoms with van der Waals surface area (Å²) in [5.41, 5.74) is -0.802. The third-order valence-corrected chi connectivity index (χ3v) is 3.30. The third kappa shape index (κ3) is 2.47. The summed E-state index contributed by atoms with van der Waals surface area (Å²) < 4.78 is 5.49. The van der Waals surface area contributed by atoms with Crippen LogP contribution in [0, 0.1) is 5.92 Å². The van der Waals surface area contributed by atoms with Crippen molar-refractivity contribution >= 4 is 6.09 Å². The molecule has 0 radical (unpaired) electrons. The van der Waals surface area contributed by atoms with Crippen LogP contribution in [0.15, 0.2) is 0 Å². The molecule has 1 fully saturated rings. The molecule has 1 unspecified atom stereocenters. The van der Waals surface area contributed by atoms with Crippen molar-refractivity contribution in [1.82, 2.24) is 4.90 Å². The normalized spacial score (nSPS) is 31.8. The molecule has 0 spiro atoms. The van der Waals surface area contributed by atoms with Gasteiger partial charge in [0.25, 0.3) is 0 Å². The van der Waals surface area contributed by atoms with Gasteiger partial charge in [0, 0.05) is 0 Å². The SMILES string of the molecule is CCC(C)C[C@H]1OC[C@](C)(CO)N1C(=O)O. The first kappa shape index (κ1) is 13.3. The molecule has 0 bridgehead atoms. The van der Waals surface area contributed by atoms with Gasteiger partial charge in [0.1, 0.15) is 6.23 Å². The Bertz CT molecular complexity index is 258. The van der Waals surface area contributed by atoms with Crippen LogP contribution < -0.4 is 0 Å². The summed E-state index contributed by atoms with van der Waals surface area (Å²) in [7, 11) is 0. The highest BCUT2D eigenvalue weighted by molar-refractivity contribution is 5.66. The number of aliphatic hydroxyl groups excluding tert-OH is 1. The lowest BCUT2D eigenvalue weighted by Gasteiger charge is -2.32. The molecule has 0 aliphatic carbocycles. The number of carbonyl (C=O) groups is 1. The van der Waals surface area contributed by atoms with Gasteiger partial charge < -0.3 is 14.9 Å². The summed E-state index contributed by atoms with van der Waals surface area (Å²) in [5, 5.41) is 18.4. The van der Waals surface area contributed by atoms with Crippen molar-refractivity contribution in [3.8, 4) is 0 Å². The van der Waals surface area contributed by atoms with E-state index in [2.05, 4.69) is 13.8 Å². The van der Waals surface area contributed by atoms with Crippen LogP contribution in [0.5, 0.6) is 0 Å². The van der Waals surface area contributed by atoms with Crippen molar-refractivity contribution in [2.75, 3.05) is 13.2 Å². The van der Waals surface area contributed by atoms with Gasteiger partial charge in [-0.05, 0) is 19.3 Å². The van der Waals surface area contributed by atoms with E-state index in [4.69, 9.17) is 4.74 Å². The molecule has 0 aromatic heterocycles. The van der Waals surface area contributed by atoms with Gasteiger partial charge in [-0.15, -0.1) is 0 Å². The minimum Gasteiger partial charge on any atom is -0.465 e. The van der Waals surface area contributed by atoms with Gasteiger partial charge in [0.05, 0.1) is 18.8 Å². The van der Waals surface area contributed by atoms with Crippen molar-refractivity contribution in [3.05, 3.63) is 0 Å². The van der Waals surface area contributed by atoms with Gasteiger partial charge in [-0.1, -0.05) is 20.3 Å². The van der Waals surface area contributed by atoms with E-state index in [1.54, 1.807) is 6.92 Å². The highest BCUT2D eigenvalue weighted by Gasteiger charge is 2.46. The number of hydrogen-bond donors (Lipinski definition) is 2. The van der Waals surface area contributed by atoms with Crippen molar-refractivity contribution in [3.63, 3.8) is 0 Å². The molecule has 1 heterocycles. The Morgan fingerprint density at radius 1 is 1.69 bits per heavy atom. The average molecular weight is 231 g/mol. The number of nitrogens with zero attached hydrogens (tertiary/aromatic N) is 1. The molecule has 0 aromatic carbocycles. The first-order chi connectivity index (χ1) is 7.44. The molecule has 1 saturated heterocycles. The summed E-state index contributed by atoms with van der Waals surface area (Å²) in [6.45, 7) is 5.89. The zero-order chi connectivity index (χ0) is 12.3. The van der Waals surface area contributed by atoms with E-state index >= 15 is 0 Å². The van der Waals surface area contributed by atoms with Crippen LogP contribution >= 0.6 is 0 Å². The second-order valence-corrected chi connectivity index (χ2v) is 4.82. The van der Waals surface area contributed by atoms with Crippen LogP contribution in [-0.2, 0) is 4.74 Å². The van der Waals surface area contributed by atoms with E-state index in [1.807, 2.05) is 0 Å². The molecule has 3 atom stereocenters. The van der Waals surface area contributed by atoms with Gasteiger partial charge >= 0.3 is 6.09 Å². The number of rotatable bonds is 4. The first-order valence-electron chi connectivity index (χ1n) is 5.69. The number of hydrogen-bond acceptors (Lipinski definition) is 3. The highest BCUT2D eigenvalue weighted by Crippen LogP contribution is 2.30. The Labute approximate surface area is 96.0 Å². The molecule has 16 heavy (non-hydrogen) atoms. The van der Waals surface area contributed by atoms with Crippen molar-refractivity contribution in [2.45, 2.75) is 45.4 Å². The van der Waals surface area contributed by atoms with Gasteiger partial charge in [-0.25, -0.2) is 4.79 Å². The summed E-state index contributed by atoms with van der Waals surface area (Å²) >= 11 is 0. The molecular formula is C11H21NO4. The van der Waals surface area contributed by atoms with E-state index < -0.39 is 17.9 Å². The van der Waals surface area contributed by atoms with Crippen molar-refractivity contribution < 1.29 is 19.7 Å². The Balaban J connectivity index is 2.76. The molecule has 5 heteroatoms. The zero-order valence-electron chi connectivity index (χ0n) is 10.1. The summed E-state index contributed by atoms with van der Waals surface area (Å²) in [6.07, 6.45) is 0.216. The fourth-order valence-electron chi connectivity index (χ4n) is 1.93. The Kier molecular flexibility index (Phi) is 4.15. The molecular weight excluding hydrogens is 210 g/mol. The Morgan fingerprint density at radius 3 is 2.75 bits per heavy atom. The molecule has 2 N–H and O–H groups in total. The maximum Gasteiger partial charge on any atom is 0.409 e. The molecule has 1 aliphatic rings. The monoisotopic (exact) mass is 231 g/mol. The van der Waals surface area contributed by atoms with E-state index in [9.17, 15) is 15.0 Å². The number of ether oxygens (including phenoxy) is 1. The molecule has 1 amide bonds. The van der Waals surface area contributed by atoms with Crippen LogP contribution in [0.2, 0.25) is 0 Å². The maximum absolute atomic E-state index is 11.2. The molecule has 0 aromatic rings. The second-order valence-electron chi connectivity index (χ2n) is 4.82. The highest BCUT2D eigenvalue weighted by atomic mass is 16.5. The molecule has 94 valence electrons. The smallest absolute Gasteiger partial charge is 0.409 e. The zero-order valence-corrected chi connectivity index (χ0v) is 10.1. The van der Waals surface area contributed by atoms with E-state index in [-0.39, 0.29) is 13.2 Å². The summed E-state index contributed by atoms with van der Waals surface area (Å²) in [5.74, 6) is 0.410. The molecule has 0 saturated carbocycles. The Hall–Kier alpha value is -0.810. The average Bonchev–Trinajstić information content (AvgIpc) is 2.56. The van der Waals surface area contributed by atoms with E-state index in [0.717, 1.165) is 6.42 Å². The number of amides is 1. The topological polar surface area (TPSA) is 70.0 Å². The van der Waals surface area contributed by atoms with Crippen molar-refractivity contribution in [2.24, 2.45) is 5.92 Å². The standard InChI is InChI=1S/C11H21NO4/c1-4-8(2)5-9-12(10(14)15)11(3,6-13)7-16-9/h8-9,13H,4-7H2,1-3H3,(H,14,15)/t8?,9-,11+/m1/s1. The Morgan fingerprint density at radius 2 is 2.31 bits per heavy atom. The predicted molar refractivity (Wildman–Crippen MR) is 59.2 cm³/mol. The van der Waals surface area contributed by atoms with Crippen LogP contribution in [0.1, 0.15) is 33.6 Å². The third-order valence-electron chi connectivity index (χ3n) is 3.30.